The lowest BCUT2D eigenvalue weighted by Crippen LogP contribution is -2.00. The Morgan fingerprint density at radius 1 is 0.846 bits per heavy atom. The van der Waals surface area contributed by atoms with Crippen molar-refractivity contribution >= 4 is 0 Å². The van der Waals surface area contributed by atoms with E-state index in [2.05, 4.69) is 0 Å². The van der Waals surface area contributed by atoms with E-state index in [1.165, 1.54) is 0 Å². The Hall–Kier alpha value is -0.860. The minimum atomic E-state index is 0.0416. The van der Waals surface area contributed by atoms with Gasteiger partial charge in [-0.2, -0.15) is 0 Å². The number of hydrogen-bond acceptors (Lipinski definition) is 2. The first-order valence-electron chi connectivity index (χ1n) is 4.42. The molecule has 1 rings (SSSR count). The Kier molecular flexibility index (Phi) is 3.07. The highest BCUT2D eigenvalue weighted by Crippen LogP contribution is 2.21. The van der Waals surface area contributed by atoms with E-state index in [0.717, 1.165) is 27.8 Å². The summed E-state index contributed by atoms with van der Waals surface area (Å²) in [4.78, 5) is 0. The molecule has 0 amide bonds. The molecule has 0 heterocycles. The van der Waals surface area contributed by atoms with Crippen molar-refractivity contribution in [3.63, 3.8) is 0 Å². The summed E-state index contributed by atoms with van der Waals surface area (Å²) in [7, 11) is 0. The van der Waals surface area contributed by atoms with Crippen LogP contribution in [0.1, 0.15) is 27.8 Å². The molecule has 2 heteroatoms. The maximum Gasteiger partial charge on any atom is 0.0684 e. The van der Waals surface area contributed by atoms with Gasteiger partial charge in [0.25, 0.3) is 0 Å². The van der Waals surface area contributed by atoms with Gasteiger partial charge in [0.15, 0.2) is 0 Å². The minimum Gasteiger partial charge on any atom is -0.392 e. The van der Waals surface area contributed by atoms with E-state index in [4.69, 9.17) is 10.2 Å². The second-order valence-electron chi connectivity index (χ2n) is 3.39. The standard InChI is InChI=1S/C11H16O2/c1-7-8(2)10(5-12)4-11(6-13)9(7)3/h4,12-13H,5-6H2,1-3H3. The molecular weight excluding hydrogens is 164 g/mol. The molecule has 13 heavy (non-hydrogen) atoms. The van der Waals surface area contributed by atoms with Crippen LogP contribution in [0.3, 0.4) is 0 Å². The molecule has 0 aliphatic rings. The third-order valence-corrected chi connectivity index (χ3v) is 2.78. The van der Waals surface area contributed by atoms with Gasteiger partial charge in [-0.1, -0.05) is 6.07 Å². The van der Waals surface area contributed by atoms with Crippen LogP contribution >= 0.6 is 0 Å². The molecule has 0 aliphatic carbocycles. The van der Waals surface area contributed by atoms with Crippen LogP contribution in [0.5, 0.6) is 0 Å². The molecule has 0 saturated carbocycles. The van der Waals surface area contributed by atoms with E-state index < -0.39 is 0 Å². The van der Waals surface area contributed by atoms with Gasteiger partial charge in [-0.3, -0.25) is 0 Å². The normalized spacial score (nSPS) is 10.5. The monoisotopic (exact) mass is 180 g/mol. The van der Waals surface area contributed by atoms with Gasteiger partial charge in [-0.15, -0.1) is 0 Å². The van der Waals surface area contributed by atoms with E-state index in [9.17, 15) is 0 Å². The molecule has 2 N–H and O–H groups in total. The van der Waals surface area contributed by atoms with Crippen LogP contribution in [0.15, 0.2) is 6.07 Å². The van der Waals surface area contributed by atoms with E-state index in [1.54, 1.807) is 0 Å². The molecule has 0 unspecified atom stereocenters. The van der Waals surface area contributed by atoms with Crippen LogP contribution in [-0.2, 0) is 13.2 Å². The van der Waals surface area contributed by atoms with Gasteiger partial charge in [0.05, 0.1) is 13.2 Å². The van der Waals surface area contributed by atoms with Gasteiger partial charge in [0, 0.05) is 0 Å². The van der Waals surface area contributed by atoms with Gasteiger partial charge in [-0.25, -0.2) is 0 Å². The largest absolute Gasteiger partial charge is 0.392 e. The van der Waals surface area contributed by atoms with Gasteiger partial charge >= 0.3 is 0 Å². The van der Waals surface area contributed by atoms with Crippen molar-refractivity contribution in [2.24, 2.45) is 0 Å². The predicted molar refractivity (Wildman–Crippen MR) is 52.5 cm³/mol. The first-order chi connectivity index (χ1) is 6.11. The minimum absolute atomic E-state index is 0.0416. The summed E-state index contributed by atoms with van der Waals surface area (Å²) in [6.45, 7) is 6.09. The van der Waals surface area contributed by atoms with Crippen molar-refractivity contribution in [3.05, 3.63) is 33.9 Å². The topological polar surface area (TPSA) is 40.5 Å². The van der Waals surface area contributed by atoms with E-state index in [1.807, 2.05) is 26.8 Å². The SMILES string of the molecule is Cc1c(CO)cc(CO)c(C)c1C. The van der Waals surface area contributed by atoms with Crippen molar-refractivity contribution in [2.75, 3.05) is 0 Å². The zero-order valence-electron chi connectivity index (χ0n) is 8.39. The lowest BCUT2D eigenvalue weighted by Gasteiger charge is -2.13. The zero-order valence-corrected chi connectivity index (χ0v) is 8.39. The van der Waals surface area contributed by atoms with Crippen molar-refractivity contribution in [1.82, 2.24) is 0 Å². The van der Waals surface area contributed by atoms with Crippen LogP contribution in [0.25, 0.3) is 0 Å². The van der Waals surface area contributed by atoms with Crippen molar-refractivity contribution in [3.8, 4) is 0 Å². The predicted octanol–water partition coefficient (Wildman–Crippen LogP) is 1.60. The number of hydrogen-bond donors (Lipinski definition) is 2. The summed E-state index contributed by atoms with van der Waals surface area (Å²) < 4.78 is 0. The van der Waals surface area contributed by atoms with E-state index in [-0.39, 0.29) is 13.2 Å². The van der Waals surface area contributed by atoms with Crippen LogP contribution < -0.4 is 0 Å². The van der Waals surface area contributed by atoms with Crippen LogP contribution in [0.4, 0.5) is 0 Å². The van der Waals surface area contributed by atoms with E-state index >= 15 is 0 Å². The van der Waals surface area contributed by atoms with Crippen molar-refractivity contribution < 1.29 is 10.2 Å². The molecule has 0 bridgehead atoms. The Labute approximate surface area is 78.8 Å². The molecule has 1 aromatic carbocycles. The molecule has 0 aliphatic heterocycles. The fourth-order valence-electron chi connectivity index (χ4n) is 1.52. The quantitative estimate of drug-likeness (QED) is 0.725. The van der Waals surface area contributed by atoms with E-state index in [0.29, 0.717) is 0 Å². The molecule has 0 atom stereocenters. The number of rotatable bonds is 2. The highest BCUT2D eigenvalue weighted by Gasteiger charge is 2.07. The van der Waals surface area contributed by atoms with Gasteiger partial charge in [-0.05, 0) is 48.6 Å². The fourth-order valence-corrected chi connectivity index (χ4v) is 1.52. The molecule has 0 fully saturated rings. The maximum absolute atomic E-state index is 9.07. The molecule has 0 saturated heterocycles. The van der Waals surface area contributed by atoms with Crippen LogP contribution in [0, 0.1) is 20.8 Å². The summed E-state index contributed by atoms with van der Waals surface area (Å²) in [5, 5.41) is 18.1. The average Bonchev–Trinajstić information content (AvgIpc) is 2.15. The van der Waals surface area contributed by atoms with Crippen LogP contribution in [0.2, 0.25) is 0 Å². The van der Waals surface area contributed by atoms with Crippen LogP contribution in [-0.4, -0.2) is 10.2 Å². The number of aliphatic hydroxyl groups is 2. The van der Waals surface area contributed by atoms with Gasteiger partial charge < -0.3 is 10.2 Å². The van der Waals surface area contributed by atoms with Gasteiger partial charge in [0.1, 0.15) is 0 Å². The lowest BCUT2D eigenvalue weighted by molar-refractivity contribution is 0.274. The summed E-state index contributed by atoms with van der Waals surface area (Å²) in [5.74, 6) is 0. The molecular formula is C11H16O2. The lowest BCUT2D eigenvalue weighted by atomic mass is 9.94. The second-order valence-corrected chi connectivity index (χ2v) is 3.39. The Bertz CT molecular complexity index is 288. The molecule has 72 valence electrons. The third kappa shape index (κ3) is 1.74. The fraction of sp³-hybridized carbons (Fsp3) is 0.455. The highest BCUT2D eigenvalue weighted by atomic mass is 16.3. The Balaban J connectivity index is 3.36. The highest BCUT2D eigenvalue weighted by molar-refractivity contribution is 5.43. The number of benzene rings is 1. The summed E-state index contributed by atoms with van der Waals surface area (Å²) in [6.07, 6.45) is 0. The first kappa shape index (κ1) is 10.2. The maximum atomic E-state index is 9.07. The first-order valence-corrected chi connectivity index (χ1v) is 4.42. The van der Waals surface area contributed by atoms with Crippen molar-refractivity contribution in [2.45, 2.75) is 34.0 Å². The van der Waals surface area contributed by atoms with Crippen molar-refractivity contribution in [1.29, 1.82) is 0 Å². The number of aliphatic hydroxyl groups excluding tert-OH is 2. The van der Waals surface area contributed by atoms with Gasteiger partial charge in [0.2, 0.25) is 0 Å². The Morgan fingerprint density at radius 2 is 1.23 bits per heavy atom. The third-order valence-electron chi connectivity index (χ3n) is 2.78. The summed E-state index contributed by atoms with van der Waals surface area (Å²) in [6, 6.07) is 1.87. The smallest absolute Gasteiger partial charge is 0.0684 e. The molecule has 1 aromatic rings. The summed E-state index contributed by atoms with van der Waals surface area (Å²) in [5.41, 5.74) is 5.23. The molecule has 0 radical (unpaired) electrons. The average molecular weight is 180 g/mol. The zero-order chi connectivity index (χ0) is 10.0. The summed E-state index contributed by atoms with van der Waals surface area (Å²) >= 11 is 0. The molecule has 0 spiro atoms. The molecule has 2 nitrogen and oxygen atoms in total. The molecule has 0 aromatic heterocycles. The second kappa shape index (κ2) is 3.90. The Morgan fingerprint density at radius 3 is 1.54 bits per heavy atom.